The number of nitrogens with zero attached hydrogens (tertiary/aromatic N) is 3. The van der Waals surface area contributed by atoms with Crippen LogP contribution in [0.15, 0.2) is 41.2 Å². The third-order valence-corrected chi connectivity index (χ3v) is 6.01. The van der Waals surface area contributed by atoms with Crippen LogP contribution in [0.2, 0.25) is 0 Å². The maximum Gasteiger partial charge on any atom is 0.326 e. The highest BCUT2D eigenvalue weighted by Crippen LogP contribution is 2.25. The second kappa shape index (κ2) is 8.52. The fraction of sp³-hybridized carbons (Fsp3) is 0.273. The molecule has 160 valence electrons. The summed E-state index contributed by atoms with van der Waals surface area (Å²) in [6.45, 7) is 2.12. The number of hydrogen-bond donors (Lipinski definition) is 2. The number of carbonyl (C=O) groups excluding carboxylic acids is 1. The second-order valence-corrected chi connectivity index (χ2v) is 7.89. The van der Waals surface area contributed by atoms with Crippen LogP contribution < -0.4 is 11.0 Å². The highest BCUT2D eigenvalue weighted by Gasteiger charge is 2.18. The molecule has 0 saturated heterocycles. The van der Waals surface area contributed by atoms with E-state index in [4.69, 9.17) is 12.2 Å². The monoisotopic (exact) mass is 439 g/mol. The van der Waals surface area contributed by atoms with Crippen molar-refractivity contribution in [2.75, 3.05) is 20.1 Å². The molecule has 7 nitrogen and oxygen atoms in total. The number of halogens is 1. The number of H-pyrrole nitrogens is 1. The van der Waals surface area contributed by atoms with E-state index < -0.39 is 11.9 Å². The number of benzene rings is 1. The van der Waals surface area contributed by atoms with Crippen LogP contribution in [0, 0.1) is 10.6 Å². The first-order valence-corrected chi connectivity index (χ1v) is 10.3. The molecule has 1 aromatic carbocycles. The van der Waals surface area contributed by atoms with E-state index in [1.54, 1.807) is 13.1 Å². The minimum absolute atomic E-state index is 0.0620. The first-order chi connectivity index (χ1) is 14.9. The van der Waals surface area contributed by atoms with Crippen LogP contribution in [0.4, 0.5) is 4.39 Å². The van der Waals surface area contributed by atoms with E-state index in [1.807, 2.05) is 24.3 Å². The molecule has 31 heavy (non-hydrogen) atoms. The molecule has 0 aliphatic carbocycles. The van der Waals surface area contributed by atoms with Crippen molar-refractivity contribution in [2.24, 2.45) is 7.05 Å². The summed E-state index contributed by atoms with van der Waals surface area (Å²) in [5.41, 5.74) is 2.93. The Balaban J connectivity index is 1.50. The molecule has 4 rings (SSSR count). The Morgan fingerprint density at radius 2 is 2.13 bits per heavy atom. The number of amides is 1. The van der Waals surface area contributed by atoms with E-state index in [0.29, 0.717) is 29.7 Å². The van der Waals surface area contributed by atoms with Gasteiger partial charge in [-0.2, -0.15) is 4.39 Å². The molecule has 3 aromatic rings. The lowest BCUT2D eigenvalue weighted by molar-refractivity contribution is 0.0957. The van der Waals surface area contributed by atoms with Gasteiger partial charge in [0.05, 0.1) is 5.52 Å². The van der Waals surface area contributed by atoms with E-state index in [-0.39, 0.29) is 11.4 Å². The zero-order chi connectivity index (χ0) is 22.1. The van der Waals surface area contributed by atoms with Crippen LogP contribution in [0.5, 0.6) is 0 Å². The van der Waals surface area contributed by atoms with Crippen molar-refractivity contribution < 1.29 is 9.18 Å². The quantitative estimate of drug-likeness (QED) is 0.483. The Morgan fingerprint density at radius 1 is 1.32 bits per heavy atom. The van der Waals surface area contributed by atoms with Gasteiger partial charge in [-0.05, 0) is 41.8 Å². The average Bonchev–Trinajstić information content (AvgIpc) is 2.77. The van der Waals surface area contributed by atoms with Crippen LogP contribution in [0.1, 0.15) is 28.0 Å². The zero-order valence-electron chi connectivity index (χ0n) is 17.2. The predicted molar refractivity (Wildman–Crippen MR) is 120 cm³/mol. The Labute approximate surface area is 183 Å². The summed E-state index contributed by atoms with van der Waals surface area (Å²) in [4.78, 5) is 32.5. The van der Waals surface area contributed by atoms with Crippen LogP contribution >= 0.6 is 12.2 Å². The Hall–Kier alpha value is -3.17. The number of pyridine rings is 1. The lowest BCUT2D eigenvalue weighted by Crippen LogP contribution is -2.28. The molecule has 2 N–H and O–H groups in total. The maximum absolute atomic E-state index is 14.4. The first kappa shape index (κ1) is 21.1. The topological polar surface area (TPSA) is 83.0 Å². The zero-order valence-corrected chi connectivity index (χ0v) is 18.1. The lowest BCUT2D eigenvalue weighted by atomic mass is 10.00. The van der Waals surface area contributed by atoms with Gasteiger partial charge in [0.2, 0.25) is 5.95 Å². The third-order valence-electron chi connectivity index (χ3n) is 5.52. The van der Waals surface area contributed by atoms with Crippen molar-refractivity contribution in [2.45, 2.75) is 13.0 Å². The van der Waals surface area contributed by atoms with Crippen LogP contribution in [0.3, 0.4) is 0 Å². The number of carbonyl (C=O) groups is 1. The Morgan fingerprint density at radius 3 is 2.81 bits per heavy atom. The molecule has 0 bridgehead atoms. The van der Waals surface area contributed by atoms with Crippen molar-refractivity contribution in [1.29, 1.82) is 0 Å². The molecule has 9 heteroatoms. The summed E-state index contributed by atoms with van der Waals surface area (Å²) in [5, 5.41) is 3.28. The minimum atomic E-state index is -0.632. The van der Waals surface area contributed by atoms with Gasteiger partial charge < -0.3 is 10.3 Å². The summed E-state index contributed by atoms with van der Waals surface area (Å²) in [7, 11) is 3.13. The number of fused-ring (bicyclic) bond motifs is 1. The highest BCUT2D eigenvalue weighted by molar-refractivity contribution is 7.71. The summed E-state index contributed by atoms with van der Waals surface area (Å²) < 4.78 is 16.4. The number of aromatic nitrogens is 3. The standard InChI is InChI=1S/C22H22FN5O2S/c1-24-20(29)17-6-5-15(19(23)25-17)14-7-9-28(10-8-14)12-13-3-4-16-18(11-13)26-22(30)27(2)21(16)31/h3-7,11H,8-10,12H2,1-2H3,(H,24,29)(H,26,30). The van der Waals surface area contributed by atoms with Crippen molar-refractivity contribution in [3.8, 4) is 0 Å². The van der Waals surface area contributed by atoms with E-state index >= 15 is 0 Å². The Kier molecular flexibility index (Phi) is 5.79. The van der Waals surface area contributed by atoms with Crippen LogP contribution in [-0.2, 0) is 13.6 Å². The highest BCUT2D eigenvalue weighted by atomic mass is 32.1. The summed E-state index contributed by atoms with van der Waals surface area (Å²) >= 11 is 5.35. The molecule has 0 radical (unpaired) electrons. The normalized spacial score (nSPS) is 14.5. The van der Waals surface area contributed by atoms with Gasteiger partial charge in [-0.3, -0.25) is 14.3 Å². The summed E-state index contributed by atoms with van der Waals surface area (Å²) in [6.07, 6.45) is 2.67. The van der Waals surface area contributed by atoms with Gasteiger partial charge in [0.15, 0.2) is 0 Å². The molecule has 0 spiro atoms. The van der Waals surface area contributed by atoms with Crippen molar-refractivity contribution >= 4 is 34.6 Å². The van der Waals surface area contributed by atoms with Gasteiger partial charge in [-0.15, -0.1) is 0 Å². The molecular weight excluding hydrogens is 417 g/mol. The lowest BCUT2D eigenvalue weighted by Gasteiger charge is -2.26. The third kappa shape index (κ3) is 4.19. The first-order valence-electron chi connectivity index (χ1n) is 9.89. The fourth-order valence-electron chi connectivity index (χ4n) is 3.74. The van der Waals surface area contributed by atoms with E-state index in [0.717, 1.165) is 28.6 Å². The van der Waals surface area contributed by atoms with E-state index in [9.17, 15) is 14.0 Å². The van der Waals surface area contributed by atoms with Crippen molar-refractivity contribution in [1.82, 2.24) is 24.8 Å². The van der Waals surface area contributed by atoms with E-state index in [1.165, 1.54) is 17.7 Å². The van der Waals surface area contributed by atoms with E-state index in [2.05, 4.69) is 20.2 Å². The SMILES string of the molecule is CNC(=O)c1ccc(C2=CCN(Cc3ccc4c(=S)n(C)c(=O)[nH]c4c3)CC2)c(F)n1. The Bertz CT molecular complexity index is 1330. The number of aromatic amines is 1. The van der Waals surface area contributed by atoms with Gasteiger partial charge in [-0.1, -0.05) is 24.4 Å². The van der Waals surface area contributed by atoms with Gasteiger partial charge in [0, 0.05) is 44.7 Å². The smallest absolute Gasteiger partial charge is 0.326 e. The van der Waals surface area contributed by atoms with Crippen LogP contribution in [0.25, 0.3) is 16.5 Å². The van der Waals surface area contributed by atoms with Gasteiger partial charge in [0.25, 0.3) is 5.91 Å². The van der Waals surface area contributed by atoms with Gasteiger partial charge in [0.1, 0.15) is 10.3 Å². The van der Waals surface area contributed by atoms with Crippen molar-refractivity contribution in [3.63, 3.8) is 0 Å². The molecule has 1 amide bonds. The summed E-state index contributed by atoms with van der Waals surface area (Å²) in [6, 6.07) is 9.04. The minimum Gasteiger partial charge on any atom is -0.354 e. The molecular formula is C22H22FN5O2S. The van der Waals surface area contributed by atoms with Gasteiger partial charge in [-0.25, -0.2) is 9.78 Å². The molecule has 3 heterocycles. The molecule has 0 fully saturated rings. The number of hydrogen-bond acceptors (Lipinski definition) is 5. The largest absolute Gasteiger partial charge is 0.354 e. The molecule has 0 atom stereocenters. The average molecular weight is 440 g/mol. The predicted octanol–water partition coefficient (Wildman–Crippen LogP) is 2.78. The fourth-order valence-corrected chi connectivity index (χ4v) is 4.00. The molecule has 1 aliphatic rings. The molecule has 1 aliphatic heterocycles. The maximum atomic E-state index is 14.4. The molecule has 0 saturated carbocycles. The van der Waals surface area contributed by atoms with Gasteiger partial charge >= 0.3 is 5.69 Å². The van der Waals surface area contributed by atoms with Crippen molar-refractivity contribution in [3.05, 3.63) is 74.3 Å². The molecule has 0 unspecified atom stereocenters. The molecule has 2 aromatic heterocycles. The number of rotatable bonds is 4. The van der Waals surface area contributed by atoms with Crippen LogP contribution in [-0.4, -0.2) is 45.5 Å². The number of nitrogens with one attached hydrogen (secondary N) is 2. The second-order valence-electron chi connectivity index (χ2n) is 7.50. The summed E-state index contributed by atoms with van der Waals surface area (Å²) in [5.74, 6) is -1.05.